The SMILES string of the molecule is Cc1nc(C[C@@H](O)CN2CCOCC2=O)c([N+](=O)[O-])[nH]1. The van der Waals surface area contributed by atoms with Crippen LogP contribution in [0.15, 0.2) is 0 Å². The molecule has 1 aromatic heterocycles. The Morgan fingerprint density at radius 1 is 1.65 bits per heavy atom. The second-order valence-electron chi connectivity index (χ2n) is 4.62. The molecule has 110 valence electrons. The van der Waals surface area contributed by atoms with Crippen LogP contribution < -0.4 is 0 Å². The van der Waals surface area contributed by atoms with Crippen molar-refractivity contribution in [3.05, 3.63) is 21.6 Å². The molecule has 9 heteroatoms. The summed E-state index contributed by atoms with van der Waals surface area (Å²) in [5.41, 5.74) is 0.195. The maximum atomic E-state index is 11.5. The van der Waals surface area contributed by atoms with Crippen LogP contribution in [0.2, 0.25) is 0 Å². The molecule has 1 fully saturated rings. The van der Waals surface area contributed by atoms with E-state index in [9.17, 15) is 20.0 Å². The van der Waals surface area contributed by atoms with E-state index in [1.807, 2.05) is 0 Å². The highest BCUT2D eigenvalue weighted by Crippen LogP contribution is 2.17. The molecule has 0 bridgehead atoms. The van der Waals surface area contributed by atoms with Crippen molar-refractivity contribution in [2.75, 3.05) is 26.3 Å². The number of hydrogen-bond acceptors (Lipinski definition) is 6. The van der Waals surface area contributed by atoms with Crippen LogP contribution in [0.1, 0.15) is 11.5 Å². The van der Waals surface area contributed by atoms with Gasteiger partial charge in [0, 0.05) is 26.4 Å². The van der Waals surface area contributed by atoms with Gasteiger partial charge in [-0.3, -0.25) is 4.79 Å². The number of nitrogens with one attached hydrogen (secondary N) is 1. The van der Waals surface area contributed by atoms with Gasteiger partial charge in [0.1, 0.15) is 12.3 Å². The van der Waals surface area contributed by atoms with Crippen LogP contribution in [0.4, 0.5) is 5.82 Å². The van der Waals surface area contributed by atoms with Crippen molar-refractivity contribution in [3.8, 4) is 0 Å². The molecule has 0 aromatic carbocycles. The highest BCUT2D eigenvalue weighted by Gasteiger charge is 2.25. The number of aliphatic hydroxyl groups is 1. The Bertz CT molecular complexity index is 515. The third-order valence-electron chi connectivity index (χ3n) is 3.00. The largest absolute Gasteiger partial charge is 0.391 e. The van der Waals surface area contributed by atoms with Crippen LogP contribution in [0.25, 0.3) is 0 Å². The fourth-order valence-electron chi connectivity index (χ4n) is 2.11. The van der Waals surface area contributed by atoms with Gasteiger partial charge in [0.25, 0.3) is 0 Å². The third kappa shape index (κ3) is 3.31. The molecule has 0 spiro atoms. The molecule has 1 atom stereocenters. The molecule has 0 saturated carbocycles. The van der Waals surface area contributed by atoms with E-state index in [1.54, 1.807) is 6.92 Å². The van der Waals surface area contributed by atoms with Gasteiger partial charge in [-0.25, -0.2) is 9.97 Å². The molecule has 0 unspecified atom stereocenters. The number of nitrogens with zero attached hydrogens (tertiary/aromatic N) is 3. The van der Waals surface area contributed by atoms with Gasteiger partial charge < -0.3 is 24.9 Å². The van der Waals surface area contributed by atoms with E-state index in [2.05, 4.69) is 9.97 Å². The number of H-pyrrole nitrogens is 1. The summed E-state index contributed by atoms with van der Waals surface area (Å²) in [5.74, 6) is 0.0132. The van der Waals surface area contributed by atoms with Crippen LogP contribution in [-0.2, 0) is 16.0 Å². The first-order valence-electron chi connectivity index (χ1n) is 6.21. The summed E-state index contributed by atoms with van der Waals surface area (Å²) < 4.78 is 4.99. The molecule has 20 heavy (non-hydrogen) atoms. The number of hydrogen-bond donors (Lipinski definition) is 2. The van der Waals surface area contributed by atoms with Gasteiger partial charge in [0.15, 0.2) is 5.82 Å². The molecule has 9 nitrogen and oxygen atoms in total. The highest BCUT2D eigenvalue weighted by atomic mass is 16.6. The van der Waals surface area contributed by atoms with E-state index in [4.69, 9.17) is 4.74 Å². The minimum absolute atomic E-state index is 0.00831. The number of ether oxygens (including phenoxy) is 1. The Hall–Kier alpha value is -2.00. The zero-order chi connectivity index (χ0) is 14.7. The van der Waals surface area contributed by atoms with Crippen molar-refractivity contribution in [2.24, 2.45) is 0 Å². The summed E-state index contributed by atoms with van der Waals surface area (Å²) in [6.45, 7) is 2.58. The van der Waals surface area contributed by atoms with Gasteiger partial charge in [0.2, 0.25) is 5.91 Å². The summed E-state index contributed by atoms with van der Waals surface area (Å²) in [7, 11) is 0. The predicted molar refractivity (Wildman–Crippen MR) is 67.1 cm³/mol. The molecular weight excluding hydrogens is 268 g/mol. The van der Waals surface area contributed by atoms with E-state index in [1.165, 1.54) is 4.90 Å². The quantitative estimate of drug-likeness (QED) is 0.549. The predicted octanol–water partition coefficient (Wildman–Crippen LogP) is -0.611. The normalized spacial score (nSPS) is 17.3. The topological polar surface area (TPSA) is 122 Å². The molecule has 1 saturated heterocycles. The van der Waals surface area contributed by atoms with E-state index >= 15 is 0 Å². The van der Waals surface area contributed by atoms with Gasteiger partial charge in [-0.05, 0) is 4.92 Å². The maximum absolute atomic E-state index is 11.5. The fourth-order valence-corrected chi connectivity index (χ4v) is 2.11. The number of rotatable bonds is 5. The Labute approximate surface area is 114 Å². The number of aromatic nitrogens is 2. The molecule has 1 aliphatic rings. The third-order valence-corrected chi connectivity index (χ3v) is 3.00. The summed E-state index contributed by atoms with van der Waals surface area (Å²) in [6, 6.07) is 0. The number of aliphatic hydroxyl groups excluding tert-OH is 1. The number of aryl methyl sites for hydroxylation is 1. The van der Waals surface area contributed by atoms with E-state index < -0.39 is 11.0 Å². The van der Waals surface area contributed by atoms with Crippen LogP contribution >= 0.6 is 0 Å². The highest BCUT2D eigenvalue weighted by molar-refractivity contribution is 5.78. The van der Waals surface area contributed by atoms with Gasteiger partial charge in [-0.2, -0.15) is 0 Å². The van der Waals surface area contributed by atoms with Crippen molar-refractivity contribution in [2.45, 2.75) is 19.4 Å². The number of carbonyl (C=O) groups is 1. The summed E-state index contributed by atoms with van der Waals surface area (Å²) in [5, 5.41) is 20.8. The number of carbonyl (C=O) groups excluding carboxylic acids is 1. The van der Waals surface area contributed by atoms with Crippen molar-refractivity contribution >= 4 is 11.7 Å². The lowest BCUT2D eigenvalue weighted by molar-refractivity contribution is -0.390. The molecule has 1 aliphatic heterocycles. The summed E-state index contributed by atoms with van der Waals surface area (Å²) >= 11 is 0. The maximum Gasteiger partial charge on any atom is 0.343 e. The summed E-state index contributed by atoms with van der Waals surface area (Å²) in [6.07, 6.45) is -0.885. The van der Waals surface area contributed by atoms with Crippen LogP contribution in [0.5, 0.6) is 0 Å². The van der Waals surface area contributed by atoms with Gasteiger partial charge >= 0.3 is 5.82 Å². The Morgan fingerprint density at radius 3 is 3.05 bits per heavy atom. The summed E-state index contributed by atoms with van der Waals surface area (Å²) in [4.78, 5) is 29.8. The zero-order valence-corrected chi connectivity index (χ0v) is 11.0. The molecule has 1 amide bonds. The standard InChI is InChI=1S/C11H16N4O5/c1-7-12-9(11(13-7)15(18)19)4-8(16)5-14-2-3-20-6-10(14)17/h8,16H,2-6H2,1H3,(H,12,13)/t8-/m1/s1. The van der Waals surface area contributed by atoms with Crippen molar-refractivity contribution in [1.82, 2.24) is 14.9 Å². The minimum Gasteiger partial charge on any atom is -0.391 e. The van der Waals surface area contributed by atoms with Crippen LogP contribution in [-0.4, -0.2) is 63.2 Å². The first kappa shape index (κ1) is 14.4. The van der Waals surface area contributed by atoms with Crippen LogP contribution in [0.3, 0.4) is 0 Å². The average Bonchev–Trinajstić information content (AvgIpc) is 2.73. The number of aromatic amines is 1. The number of nitro groups is 1. The van der Waals surface area contributed by atoms with Crippen molar-refractivity contribution < 1.29 is 19.6 Å². The fraction of sp³-hybridized carbons (Fsp3) is 0.636. The first-order chi connectivity index (χ1) is 9.47. The Kier molecular flexibility index (Phi) is 4.30. The molecule has 2 rings (SSSR count). The zero-order valence-electron chi connectivity index (χ0n) is 11.0. The van der Waals surface area contributed by atoms with Crippen molar-refractivity contribution in [3.63, 3.8) is 0 Å². The first-order valence-corrected chi connectivity index (χ1v) is 6.21. The molecule has 0 aliphatic carbocycles. The smallest absolute Gasteiger partial charge is 0.343 e. The number of amides is 1. The Morgan fingerprint density at radius 2 is 2.40 bits per heavy atom. The monoisotopic (exact) mass is 284 g/mol. The average molecular weight is 284 g/mol. The van der Waals surface area contributed by atoms with Gasteiger partial charge in [0.05, 0.1) is 12.7 Å². The van der Waals surface area contributed by atoms with Gasteiger partial charge in [-0.1, -0.05) is 0 Å². The second kappa shape index (κ2) is 5.97. The van der Waals surface area contributed by atoms with E-state index in [-0.39, 0.29) is 37.0 Å². The van der Waals surface area contributed by atoms with Crippen LogP contribution in [0, 0.1) is 17.0 Å². The van der Waals surface area contributed by atoms with Gasteiger partial charge in [-0.15, -0.1) is 0 Å². The Balaban J connectivity index is 1.99. The lowest BCUT2D eigenvalue weighted by Gasteiger charge is -2.28. The lowest BCUT2D eigenvalue weighted by Crippen LogP contribution is -2.45. The number of imidazole rings is 1. The van der Waals surface area contributed by atoms with E-state index in [0.717, 1.165) is 0 Å². The lowest BCUT2D eigenvalue weighted by atomic mass is 10.2. The van der Waals surface area contributed by atoms with E-state index in [0.29, 0.717) is 19.0 Å². The van der Waals surface area contributed by atoms with Crippen molar-refractivity contribution in [1.29, 1.82) is 0 Å². The molecule has 0 radical (unpaired) electrons. The number of morpholine rings is 1. The molecule has 1 aromatic rings. The second-order valence-corrected chi connectivity index (χ2v) is 4.62. The molecule has 2 N–H and O–H groups in total. The number of β-amino-alcohol motifs (C(OH)–C–C–N with tert-alkyl or cyclic N) is 1. The molecular formula is C11H16N4O5. The molecule has 2 heterocycles. The minimum atomic E-state index is -0.904.